The Morgan fingerprint density at radius 1 is 0.287 bits per heavy atom. The summed E-state index contributed by atoms with van der Waals surface area (Å²) in [7, 11) is -9.80. The second kappa shape index (κ2) is 75.4. The van der Waals surface area contributed by atoms with Crippen LogP contribution in [-0.4, -0.2) is 95.9 Å². The van der Waals surface area contributed by atoms with Crippen molar-refractivity contribution in [3.63, 3.8) is 0 Å². The topological polar surface area (TPSA) is 231 Å². The summed E-state index contributed by atoms with van der Waals surface area (Å²) in [6, 6.07) is 0. The first-order valence-corrected chi connectivity index (χ1v) is 42.5. The molecule has 0 aliphatic heterocycles. The van der Waals surface area contributed by atoms with Gasteiger partial charge in [-0.25, -0.2) is 9.13 Å². The molecule has 0 aliphatic carbocycles. The van der Waals surface area contributed by atoms with Crippen LogP contribution in [0.5, 0.6) is 0 Å². The second-order valence-electron chi connectivity index (χ2n) is 26.1. The van der Waals surface area contributed by atoms with Gasteiger partial charge in [-0.05, 0) is 103 Å². The molecule has 101 heavy (non-hydrogen) atoms. The molecule has 0 bridgehead atoms. The Balaban J connectivity index is 4.44. The molecule has 18 heteroatoms. The van der Waals surface area contributed by atoms with Gasteiger partial charge in [0.2, 0.25) is 0 Å². The zero-order valence-electron chi connectivity index (χ0n) is 63.3. The van der Waals surface area contributed by atoms with E-state index in [2.05, 4.69) is 136 Å². The van der Waals surface area contributed by atoms with Crippen LogP contribution in [0.4, 0.5) is 0 Å². The van der Waals surface area contributed by atoms with Gasteiger partial charge in [-0.3, -0.25) is 32.5 Å². The highest BCUT2D eigenvalue weighted by Crippen LogP contribution is 2.45. The van der Waals surface area contributed by atoms with Crippen LogP contribution in [0.2, 0.25) is 0 Å². The van der Waals surface area contributed by atoms with E-state index >= 15 is 0 Å². The lowest BCUT2D eigenvalue weighted by Gasteiger charge is -2.21. The van der Waals surface area contributed by atoms with Gasteiger partial charge in [0.1, 0.15) is 25.4 Å². The first kappa shape index (κ1) is 96.7. The van der Waals surface area contributed by atoms with E-state index in [0.29, 0.717) is 25.7 Å². The van der Waals surface area contributed by atoms with Gasteiger partial charge in [-0.15, -0.1) is 0 Å². The predicted molar refractivity (Wildman–Crippen MR) is 417 cm³/mol. The van der Waals surface area contributed by atoms with E-state index in [1.807, 2.05) is 18.2 Å². The summed E-state index contributed by atoms with van der Waals surface area (Å²) in [4.78, 5) is 58.5. The van der Waals surface area contributed by atoms with Crippen LogP contribution < -0.4 is 0 Å². The zero-order valence-corrected chi connectivity index (χ0v) is 65.1. The standard InChI is InChI=1S/C83H142O16P2/c1-4-7-10-13-16-19-22-25-27-29-31-32-33-34-35-36-37-38-39-40-41-42-43-44-46-48-49-52-54-57-60-63-66-69-81(86)93-72-78(84)73-95-100(89,90)96-74-79(85)75-97-101(91,92)98-77-80(99-83(88)71-68-65-62-59-56-51-24-21-18-15-12-9-6-3)76-94-82(87)70-67-64-61-58-55-53-50-47-45-30-28-26-23-20-17-14-11-8-5-2/h7-8,10-11,16-17,19-20,25-28,31-32,34-35,45,47,53,55,61,64,78-80,84-85H,4-6,9,12-15,18,21-24,29-30,33,36-44,46,48-52,54,56-60,62-63,65-77H2,1-3H3,(H,89,90)(H,91,92)/b10-7-,11-8-,19-16-,20-17-,27-25-,28-26-,32-31-,35-34-,47-45-,55-53-,64-61-. The minimum Gasteiger partial charge on any atom is -0.463 e. The molecule has 0 heterocycles. The number of aliphatic hydroxyl groups is 2. The lowest BCUT2D eigenvalue weighted by atomic mass is 10.0. The minimum atomic E-state index is -4.94. The van der Waals surface area contributed by atoms with E-state index in [0.717, 1.165) is 109 Å². The fourth-order valence-corrected chi connectivity index (χ4v) is 12.0. The smallest absolute Gasteiger partial charge is 0.463 e. The lowest BCUT2D eigenvalue weighted by molar-refractivity contribution is -0.161. The molecule has 0 aromatic heterocycles. The number of phosphoric ester groups is 2. The van der Waals surface area contributed by atoms with Gasteiger partial charge < -0.3 is 34.2 Å². The number of phosphoric acid groups is 2. The zero-order chi connectivity index (χ0) is 73.7. The number of hydrogen-bond acceptors (Lipinski definition) is 14. The van der Waals surface area contributed by atoms with Crippen molar-refractivity contribution in [3.05, 3.63) is 134 Å². The second-order valence-corrected chi connectivity index (χ2v) is 29.0. The van der Waals surface area contributed by atoms with E-state index in [1.165, 1.54) is 141 Å². The molecule has 0 saturated heterocycles. The average molecular weight is 1460 g/mol. The number of carbonyl (C=O) groups is 3. The summed E-state index contributed by atoms with van der Waals surface area (Å²) in [6.07, 6.45) is 91.1. The summed E-state index contributed by atoms with van der Waals surface area (Å²) in [5.74, 6) is -1.67. The predicted octanol–water partition coefficient (Wildman–Crippen LogP) is 23.1. The van der Waals surface area contributed by atoms with Gasteiger partial charge in [0.25, 0.3) is 0 Å². The van der Waals surface area contributed by atoms with Gasteiger partial charge in [0.05, 0.1) is 26.4 Å². The maximum atomic E-state index is 12.9. The Kier molecular flexibility index (Phi) is 72.2. The molecule has 0 radical (unpaired) electrons. The van der Waals surface area contributed by atoms with Gasteiger partial charge in [0, 0.05) is 19.3 Å². The maximum Gasteiger partial charge on any atom is 0.472 e. The fraction of sp³-hybridized carbons (Fsp3) is 0.699. The molecule has 0 amide bonds. The number of unbranched alkanes of at least 4 members (excludes halogenated alkanes) is 29. The maximum absolute atomic E-state index is 12.9. The molecule has 580 valence electrons. The van der Waals surface area contributed by atoms with E-state index < -0.39 is 91.5 Å². The Morgan fingerprint density at radius 3 is 0.891 bits per heavy atom. The van der Waals surface area contributed by atoms with Crippen molar-refractivity contribution in [1.82, 2.24) is 0 Å². The molecule has 0 aliphatic rings. The molecule has 4 N–H and O–H groups in total. The molecule has 5 unspecified atom stereocenters. The van der Waals surface area contributed by atoms with Crippen molar-refractivity contribution in [2.75, 3.05) is 39.6 Å². The Morgan fingerprint density at radius 2 is 0.545 bits per heavy atom. The van der Waals surface area contributed by atoms with Crippen molar-refractivity contribution < 1.29 is 75.8 Å². The summed E-state index contributed by atoms with van der Waals surface area (Å²) < 4.78 is 61.0. The van der Waals surface area contributed by atoms with Gasteiger partial charge >= 0.3 is 33.6 Å². The van der Waals surface area contributed by atoms with E-state index in [9.17, 15) is 43.5 Å². The van der Waals surface area contributed by atoms with Crippen LogP contribution in [0.1, 0.15) is 316 Å². The third kappa shape index (κ3) is 76.6. The first-order chi connectivity index (χ1) is 49.2. The number of allylic oxidation sites excluding steroid dienone is 22. The minimum absolute atomic E-state index is 0.0451. The van der Waals surface area contributed by atoms with Crippen LogP contribution in [0.25, 0.3) is 0 Å². The van der Waals surface area contributed by atoms with E-state index in [4.69, 9.17) is 32.3 Å². The van der Waals surface area contributed by atoms with Crippen LogP contribution in [0.3, 0.4) is 0 Å². The van der Waals surface area contributed by atoms with Gasteiger partial charge in [-0.2, -0.15) is 0 Å². The molecule has 0 spiro atoms. The van der Waals surface area contributed by atoms with Crippen molar-refractivity contribution in [2.45, 2.75) is 334 Å². The summed E-state index contributed by atoms with van der Waals surface area (Å²) >= 11 is 0. The molecular weight excluding hydrogens is 1310 g/mol. The molecule has 5 atom stereocenters. The SMILES string of the molecule is CC/C=C\C/C=C\C/C=C\C/C=C\C/C=C\C/C=C\CCC(=O)OCC(COP(=O)(O)OCC(O)COP(=O)(O)OCC(O)COC(=O)CCCCCCCCCCCCCCCCCCC/C=C\C/C=C\C/C=C\C/C=C\C/C=C\CC)OC(=O)CCCCCCCCCCCCCCC. The first-order valence-electron chi connectivity index (χ1n) is 39.5. The van der Waals surface area contributed by atoms with Crippen LogP contribution in [0.15, 0.2) is 134 Å². The number of hydrogen-bond donors (Lipinski definition) is 4. The van der Waals surface area contributed by atoms with Gasteiger partial charge in [0.15, 0.2) is 6.10 Å². The van der Waals surface area contributed by atoms with Crippen molar-refractivity contribution in [3.8, 4) is 0 Å². The summed E-state index contributed by atoms with van der Waals surface area (Å²) in [6.45, 7) is 2.38. The molecule has 0 aromatic carbocycles. The largest absolute Gasteiger partial charge is 0.472 e. The molecule has 16 nitrogen and oxygen atoms in total. The fourth-order valence-electron chi connectivity index (χ4n) is 10.4. The number of esters is 3. The lowest BCUT2D eigenvalue weighted by Crippen LogP contribution is -2.30. The Labute approximate surface area is 614 Å². The number of rotatable bonds is 74. The number of aliphatic hydroxyl groups excluding tert-OH is 2. The normalized spacial score (nSPS) is 14.7. The quantitative estimate of drug-likeness (QED) is 0.0146. The third-order valence-electron chi connectivity index (χ3n) is 16.4. The number of ether oxygens (including phenoxy) is 3. The van der Waals surface area contributed by atoms with Crippen LogP contribution in [-0.2, 0) is 55.8 Å². The van der Waals surface area contributed by atoms with E-state index in [1.54, 1.807) is 0 Å². The Hall–Kier alpha value is -4.31. The van der Waals surface area contributed by atoms with Crippen molar-refractivity contribution in [1.29, 1.82) is 0 Å². The molecule has 0 rings (SSSR count). The van der Waals surface area contributed by atoms with Crippen molar-refractivity contribution >= 4 is 33.6 Å². The summed E-state index contributed by atoms with van der Waals surface area (Å²) in [5, 5.41) is 20.6. The van der Waals surface area contributed by atoms with Crippen LogP contribution in [0, 0.1) is 0 Å². The molecule has 0 saturated carbocycles. The van der Waals surface area contributed by atoms with Gasteiger partial charge in [-0.1, -0.05) is 328 Å². The highest BCUT2D eigenvalue weighted by atomic mass is 31.2. The highest BCUT2D eigenvalue weighted by molar-refractivity contribution is 7.47. The molecule has 0 aromatic rings. The van der Waals surface area contributed by atoms with Crippen molar-refractivity contribution in [2.24, 2.45) is 0 Å². The molecular formula is C83H142O16P2. The van der Waals surface area contributed by atoms with Crippen LogP contribution >= 0.6 is 15.6 Å². The van der Waals surface area contributed by atoms with E-state index in [-0.39, 0.29) is 19.3 Å². The highest BCUT2D eigenvalue weighted by Gasteiger charge is 2.29. The number of carbonyl (C=O) groups excluding carboxylic acids is 3. The Bertz CT molecular complexity index is 2370. The summed E-state index contributed by atoms with van der Waals surface area (Å²) in [5.41, 5.74) is 0. The monoisotopic (exact) mass is 1460 g/mol. The molecule has 0 fully saturated rings. The average Bonchev–Trinajstić information content (AvgIpc) is 0.964. The third-order valence-corrected chi connectivity index (χ3v) is 18.3.